The summed E-state index contributed by atoms with van der Waals surface area (Å²) in [5.41, 5.74) is 3.57. The van der Waals surface area contributed by atoms with E-state index in [-0.39, 0.29) is 59.8 Å². The predicted molar refractivity (Wildman–Crippen MR) is 157 cm³/mol. The molecule has 2 saturated heterocycles. The normalized spacial score (nSPS) is 34.7. The van der Waals surface area contributed by atoms with Gasteiger partial charge in [-0.3, -0.25) is 24.1 Å². The molecule has 1 saturated carbocycles. The number of nitrogens with zero attached hydrogens (tertiary/aromatic N) is 3. The second-order valence-electron chi connectivity index (χ2n) is 12.8. The topological polar surface area (TPSA) is 87.1 Å². The van der Waals surface area contributed by atoms with Gasteiger partial charge in [-0.2, -0.15) is 10.1 Å². The molecule has 4 amide bonds. The van der Waals surface area contributed by atoms with E-state index in [1.54, 1.807) is 6.21 Å². The maximum atomic E-state index is 14.5. The minimum atomic E-state index is -1.11. The highest BCUT2D eigenvalue weighted by Gasteiger charge is 2.68. The molecule has 3 aromatic rings. The summed E-state index contributed by atoms with van der Waals surface area (Å²) in [6.45, 7) is 0.195. The summed E-state index contributed by atoms with van der Waals surface area (Å²) in [4.78, 5) is 57.6. The van der Waals surface area contributed by atoms with Gasteiger partial charge in [-0.25, -0.2) is 0 Å². The van der Waals surface area contributed by atoms with Crippen LogP contribution in [-0.4, -0.2) is 39.8 Å². The Labute approximate surface area is 248 Å². The van der Waals surface area contributed by atoms with Gasteiger partial charge >= 0.3 is 0 Å². The number of benzene rings is 3. The maximum Gasteiger partial charge on any atom is 0.254 e. The van der Waals surface area contributed by atoms with Crippen molar-refractivity contribution in [2.45, 2.75) is 30.7 Å². The van der Waals surface area contributed by atoms with E-state index in [1.807, 2.05) is 78.9 Å². The largest absolute Gasteiger partial charge is 0.278 e. The van der Waals surface area contributed by atoms with E-state index in [0.717, 1.165) is 45.7 Å². The van der Waals surface area contributed by atoms with E-state index >= 15 is 0 Å². The Morgan fingerprint density at radius 2 is 1.23 bits per heavy atom. The standard InChI is InChI=1S/C36H29N3O4/c40-32-30-29-23-10-4-6-12-25(23)36(26-13-7-5-11-24(26)29,31(30)35(43)38(32)18-20-8-2-1-3-9-20)19-37-39-33(41)27-21-14-15-22(17-16-21)28(27)34(39)42/h1-15,19,21-22,27-31H,16-18H2/b37-19-/t21-,22-,27-,28+,29?,30+,31+,36?/m0/s1. The highest BCUT2D eigenvalue weighted by Crippen LogP contribution is 2.63. The summed E-state index contributed by atoms with van der Waals surface area (Å²) in [5, 5.41) is 5.80. The van der Waals surface area contributed by atoms with Gasteiger partial charge in [0.1, 0.15) is 0 Å². The Bertz CT molecular complexity index is 1730. The molecule has 3 aromatic carbocycles. The third-order valence-corrected chi connectivity index (χ3v) is 11.1. The van der Waals surface area contributed by atoms with Crippen LogP contribution in [0.15, 0.2) is 96.1 Å². The number of carbonyl (C=O) groups excluding carboxylic acids is 4. The number of fused-ring (bicyclic) bond motifs is 1. The van der Waals surface area contributed by atoms with Crippen LogP contribution < -0.4 is 0 Å². The van der Waals surface area contributed by atoms with Crippen LogP contribution in [0.3, 0.4) is 0 Å². The first-order valence-electron chi connectivity index (χ1n) is 15.2. The molecule has 212 valence electrons. The Morgan fingerprint density at radius 1 is 0.674 bits per heavy atom. The van der Waals surface area contributed by atoms with Crippen LogP contribution in [0.2, 0.25) is 0 Å². The van der Waals surface area contributed by atoms with E-state index in [1.165, 1.54) is 4.90 Å². The van der Waals surface area contributed by atoms with Crippen molar-refractivity contribution >= 4 is 29.8 Å². The fraction of sp³-hybridized carbons (Fsp3) is 0.306. The van der Waals surface area contributed by atoms with Crippen molar-refractivity contribution in [3.8, 4) is 0 Å². The van der Waals surface area contributed by atoms with Crippen molar-refractivity contribution in [1.82, 2.24) is 9.91 Å². The van der Waals surface area contributed by atoms with Gasteiger partial charge in [-0.1, -0.05) is 91.0 Å². The molecule has 11 rings (SSSR count). The van der Waals surface area contributed by atoms with Crippen LogP contribution in [0, 0.1) is 35.5 Å². The molecule has 6 atom stereocenters. The highest BCUT2D eigenvalue weighted by atomic mass is 16.2. The molecule has 0 N–H and O–H groups in total. The number of likely N-dealkylation sites (tertiary alicyclic amines) is 1. The Kier molecular flexibility index (Phi) is 5.03. The zero-order chi connectivity index (χ0) is 29.0. The maximum absolute atomic E-state index is 14.5. The smallest absolute Gasteiger partial charge is 0.254 e. The minimum Gasteiger partial charge on any atom is -0.278 e. The van der Waals surface area contributed by atoms with Crippen molar-refractivity contribution in [1.29, 1.82) is 0 Å². The molecular weight excluding hydrogens is 538 g/mol. The van der Waals surface area contributed by atoms with Crippen molar-refractivity contribution in [2.24, 2.45) is 40.6 Å². The van der Waals surface area contributed by atoms with Crippen molar-refractivity contribution < 1.29 is 19.2 Å². The quantitative estimate of drug-likeness (QED) is 0.265. The minimum absolute atomic E-state index is 0.0568. The second kappa shape index (κ2) is 8.69. The fourth-order valence-electron chi connectivity index (χ4n) is 9.35. The summed E-state index contributed by atoms with van der Waals surface area (Å²) < 4.78 is 0. The van der Waals surface area contributed by atoms with Gasteiger partial charge in [-0.05, 0) is 52.5 Å². The van der Waals surface area contributed by atoms with Crippen LogP contribution in [-0.2, 0) is 31.1 Å². The van der Waals surface area contributed by atoms with Crippen LogP contribution in [0.25, 0.3) is 0 Å². The molecule has 6 aliphatic carbocycles. The Hall–Kier alpha value is -4.65. The van der Waals surface area contributed by atoms with E-state index in [4.69, 9.17) is 5.10 Å². The predicted octanol–water partition coefficient (Wildman–Crippen LogP) is 4.42. The van der Waals surface area contributed by atoms with Crippen molar-refractivity contribution in [2.75, 3.05) is 0 Å². The molecule has 0 radical (unpaired) electrons. The second-order valence-corrected chi connectivity index (χ2v) is 12.8. The number of carbonyl (C=O) groups is 4. The van der Waals surface area contributed by atoms with Gasteiger partial charge in [0.15, 0.2) is 0 Å². The molecule has 0 spiro atoms. The van der Waals surface area contributed by atoms with E-state index in [2.05, 4.69) is 12.2 Å². The van der Waals surface area contributed by atoms with Crippen molar-refractivity contribution in [3.05, 3.63) is 119 Å². The van der Waals surface area contributed by atoms with Crippen LogP contribution in [0.1, 0.15) is 46.6 Å². The first-order chi connectivity index (χ1) is 21.0. The molecule has 7 nitrogen and oxygen atoms in total. The van der Waals surface area contributed by atoms with E-state index in [9.17, 15) is 19.2 Å². The van der Waals surface area contributed by atoms with E-state index in [0.29, 0.717) is 0 Å². The molecule has 0 aromatic heterocycles. The summed E-state index contributed by atoms with van der Waals surface area (Å²) in [6, 6.07) is 25.5. The molecule has 2 heterocycles. The average Bonchev–Trinajstić information content (AvgIpc) is 3.47. The lowest BCUT2D eigenvalue weighted by molar-refractivity contribution is -0.141. The molecule has 4 bridgehead atoms. The number of imide groups is 2. The number of rotatable bonds is 4. The Morgan fingerprint density at radius 3 is 1.81 bits per heavy atom. The first-order valence-corrected chi connectivity index (χ1v) is 15.2. The lowest BCUT2D eigenvalue weighted by Crippen LogP contribution is -2.55. The van der Waals surface area contributed by atoms with Gasteiger partial charge in [0.05, 0.1) is 35.6 Å². The molecule has 2 aliphatic heterocycles. The zero-order valence-electron chi connectivity index (χ0n) is 23.4. The Balaban J connectivity index is 1.21. The molecule has 8 aliphatic rings. The molecule has 3 fully saturated rings. The monoisotopic (exact) mass is 567 g/mol. The molecule has 7 heteroatoms. The third-order valence-electron chi connectivity index (χ3n) is 11.1. The highest BCUT2D eigenvalue weighted by molar-refractivity contribution is 6.12. The lowest BCUT2D eigenvalue weighted by Gasteiger charge is -2.52. The average molecular weight is 568 g/mol. The number of hydrazone groups is 1. The van der Waals surface area contributed by atoms with Gasteiger partial charge < -0.3 is 0 Å². The van der Waals surface area contributed by atoms with Crippen LogP contribution in [0.4, 0.5) is 0 Å². The number of hydrogen-bond acceptors (Lipinski definition) is 5. The van der Waals surface area contributed by atoms with Gasteiger partial charge in [0, 0.05) is 12.1 Å². The molecule has 0 unspecified atom stereocenters. The molecule has 43 heavy (non-hydrogen) atoms. The number of allylic oxidation sites excluding steroid dienone is 2. The summed E-state index contributed by atoms with van der Waals surface area (Å²) in [7, 11) is 0. The first kappa shape index (κ1) is 24.9. The van der Waals surface area contributed by atoms with Gasteiger partial charge in [0.25, 0.3) is 11.8 Å². The lowest BCUT2D eigenvalue weighted by atomic mass is 9.47. The third kappa shape index (κ3) is 3.07. The van der Waals surface area contributed by atoms with Crippen molar-refractivity contribution in [3.63, 3.8) is 0 Å². The summed E-state index contributed by atoms with van der Waals surface area (Å²) in [6.07, 6.45) is 7.66. The van der Waals surface area contributed by atoms with Crippen LogP contribution >= 0.6 is 0 Å². The van der Waals surface area contributed by atoms with E-state index < -0.39 is 17.3 Å². The molecular formula is C36H29N3O4. The number of hydrogen-bond donors (Lipinski definition) is 0. The van der Waals surface area contributed by atoms with Crippen LogP contribution in [0.5, 0.6) is 0 Å². The summed E-state index contributed by atoms with van der Waals surface area (Å²) in [5.74, 6) is -3.22. The summed E-state index contributed by atoms with van der Waals surface area (Å²) >= 11 is 0. The SMILES string of the molecule is O=C1[C@@H]2C3c4ccccc4C(/C=N\N4C(=O)[C@@H]5[C@H](C4=O)[C@H]4C=C[C@H]5CC4)(c4ccccc43)[C@H]2C(=O)N1Cc1ccccc1. The van der Waals surface area contributed by atoms with Gasteiger partial charge in [0.2, 0.25) is 11.8 Å². The zero-order valence-corrected chi connectivity index (χ0v) is 23.4. The fourth-order valence-corrected chi connectivity index (χ4v) is 9.35. The number of amides is 4. The van der Waals surface area contributed by atoms with Gasteiger partial charge in [-0.15, -0.1) is 0 Å².